The molecule has 0 radical (unpaired) electrons. The largest absolute Gasteiger partial charge is 0.469 e. The molecule has 18 heavy (non-hydrogen) atoms. The lowest BCUT2D eigenvalue weighted by molar-refractivity contribution is -0.141. The Balaban J connectivity index is 0.00000289. The van der Waals surface area contributed by atoms with Crippen LogP contribution >= 0.6 is 12.4 Å². The Morgan fingerprint density at radius 1 is 1.22 bits per heavy atom. The monoisotopic (exact) mass is 271 g/mol. The third-order valence-corrected chi connectivity index (χ3v) is 2.65. The molecule has 0 aromatic heterocycles. The highest BCUT2D eigenvalue weighted by Crippen LogP contribution is 2.04. The third-order valence-electron chi connectivity index (χ3n) is 2.65. The quantitative estimate of drug-likeness (QED) is 0.809. The van der Waals surface area contributed by atoms with Crippen LogP contribution in [0.5, 0.6) is 0 Å². The molecule has 0 saturated heterocycles. The van der Waals surface area contributed by atoms with Crippen LogP contribution < -0.4 is 5.32 Å². The van der Waals surface area contributed by atoms with Crippen LogP contribution in [0.2, 0.25) is 0 Å². The molecule has 0 aliphatic carbocycles. The number of rotatable bonds is 6. The minimum atomic E-state index is -0.170. The zero-order valence-electron chi connectivity index (χ0n) is 11.2. The van der Waals surface area contributed by atoms with E-state index in [1.165, 1.54) is 12.7 Å². The van der Waals surface area contributed by atoms with Crippen LogP contribution in [-0.2, 0) is 16.0 Å². The van der Waals surface area contributed by atoms with E-state index in [1.807, 2.05) is 25.1 Å². The van der Waals surface area contributed by atoms with E-state index in [4.69, 9.17) is 0 Å². The summed E-state index contributed by atoms with van der Waals surface area (Å²) in [5.74, 6) is -0.170. The van der Waals surface area contributed by atoms with Gasteiger partial charge in [-0.15, -0.1) is 12.4 Å². The second kappa shape index (κ2) is 8.95. The molecule has 1 rings (SSSR count). The van der Waals surface area contributed by atoms with E-state index >= 15 is 0 Å². The molecule has 1 aromatic rings. The van der Waals surface area contributed by atoms with Gasteiger partial charge in [0, 0.05) is 12.1 Å². The van der Waals surface area contributed by atoms with Crippen molar-refractivity contribution in [2.24, 2.45) is 0 Å². The lowest BCUT2D eigenvalue weighted by Gasteiger charge is -2.19. The normalized spacial score (nSPS) is 13.3. The Kier molecular flexibility index (Phi) is 8.42. The molecule has 1 aromatic carbocycles. The first-order chi connectivity index (χ1) is 8.11. The molecular formula is C14H22ClNO2. The predicted molar refractivity (Wildman–Crippen MR) is 76.1 cm³/mol. The maximum atomic E-state index is 11.1. The van der Waals surface area contributed by atoms with Crippen LogP contribution in [0.15, 0.2) is 30.3 Å². The van der Waals surface area contributed by atoms with Crippen molar-refractivity contribution in [2.75, 3.05) is 7.11 Å². The Morgan fingerprint density at radius 2 is 1.83 bits per heavy atom. The highest BCUT2D eigenvalue weighted by Gasteiger charge is 2.12. The fourth-order valence-corrected chi connectivity index (χ4v) is 1.90. The lowest BCUT2D eigenvalue weighted by atomic mass is 10.1. The van der Waals surface area contributed by atoms with Crippen molar-refractivity contribution >= 4 is 18.4 Å². The van der Waals surface area contributed by atoms with E-state index in [0.29, 0.717) is 12.5 Å². The average Bonchev–Trinajstić information content (AvgIpc) is 2.29. The molecule has 4 heteroatoms. The van der Waals surface area contributed by atoms with Crippen LogP contribution in [0.3, 0.4) is 0 Å². The number of carbonyl (C=O) groups excluding carboxylic acids is 1. The third kappa shape index (κ3) is 6.62. The molecule has 0 aliphatic heterocycles. The van der Waals surface area contributed by atoms with E-state index in [0.717, 1.165) is 6.42 Å². The van der Waals surface area contributed by atoms with Gasteiger partial charge in [0.25, 0.3) is 0 Å². The Morgan fingerprint density at radius 3 is 2.39 bits per heavy atom. The summed E-state index contributed by atoms with van der Waals surface area (Å²) in [7, 11) is 1.42. The number of hydrogen-bond donors (Lipinski definition) is 1. The summed E-state index contributed by atoms with van der Waals surface area (Å²) < 4.78 is 4.64. The zero-order chi connectivity index (χ0) is 12.7. The van der Waals surface area contributed by atoms with Crippen LogP contribution in [0.25, 0.3) is 0 Å². The molecule has 2 atom stereocenters. The SMILES string of the molecule is COC(=O)CC(C)N[C@@H](C)Cc1ccccc1.Cl. The van der Waals surface area contributed by atoms with Gasteiger partial charge < -0.3 is 10.1 Å². The lowest BCUT2D eigenvalue weighted by Crippen LogP contribution is -2.37. The van der Waals surface area contributed by atoms with Crippen molar-refractivity contribution in [3.05, 3.63) is 35.9 Å². The summed E-state index contributed by atoms with van der Waals surface area (Å²) in [5, 5.41) is 3.39. The first-order valence-corrected chi connectivity index (χ1v) is 5.98. The van der Waals surface area contributed by atoms with Crippen LogP contribution in [0.1, 0.15) is 25.8 Å². The summed E-state index contributed by atoms with van der Waals surface area (Å²) in [6.07, 6.45) is 1.38. The van der Waals surface area contributed by atoms with Gasteiger partial charge in [-0.25, -0.2) is 0 Å². The fourth-order valence-electron chi connectivity index (χ4n) is 1.90. The van der Waals surface area contributed by atoms with Crippen LogP contribution in [0.4, 0.5) is 0 Å². The Labute approximate surface area is 115 Å². The molecule has 0 amide bonds. The number of ether oxygens (including phenoxy) is 1. The number of methoxy groups -OCH3 is 1. The highest BCUT2D eigenvalue weighted by molar-refractivity contribution is 5.85. The average molecular weight is 272 g/mol. The molecule has 0 fully saturated rings. The number of halogens is 1. The second-order valence-electron chi connectivity index (χ2n) is 4.44. The molecule has 0 saturated carbocycles. The van der Waals surface area contributed by atoms with Gasteiger partial charge in [0.2, 0.25) is 0 Å². The number of hydrogen-bond acceptors (Lipinski definition) is 3. The van der Waals surface area contributed by atoms with Crippen molar-refractivity contribution in [3.63, 3.8) is 0 Å². The minimum absolute atomic E-state index is 0. The van der Waals surface area contributed by atoms with Gasteiger partial charge in [0.05, 0.1) is 13.5 Å². The predicted octanol–water partition coefficient (Wildman–Crippen LogP) is 2.58. The van der Waals surface area contributed by atoms with Crippen LogP contribution in [-0.4, -0.2) is 25.2 Å². The van der Waals surface area contributed by atoms with E-state index in [-0.39, 0.29) is 24.4 Å². The van der Waals surface area contributed by atoms with E-state index < -0.39 is 0 Å². The van der Waals surface area contributed by atoms with Gasteiger partial charge in [0.1, 0.15) is 0 Å². The molecule has 1 unspecified atom stereocenters. The summed E-state index contributed by atoms with van der Waals surface area (Å²) in [4.78, 5) is 11.1. The summed E-state index contributed by atoms with van der Waals surface area (Å²) >= 11 is 0. The summed E-state index contributed by atoms with van der Waals surface area (Å²) in [5.41, 5.74) is 1.30. The molecular weight excluding hydrogens is 250 g/mol. The molecule has 3 nitrogen and oxygen atoms in total. The minimum Gasteiger partial charge on any atom is -0.469 e. The van der Waals surface area contributed by atoms with Gasteiger partial charge in [-0.1, -0.05) is 30.3 Å². The van der Waals surface area contributed by atoms with E-state index in [2.05, 4.69) is 29.1 Å². The van der Waals surface area contributed by atoms with Crippen molar-refractivity contribution in [3.8, 4) is 0 Å². The van der Waals surface area contributed by atoms with Crippen molar-refractivity contribution in [1.82, 2.24) is 5.32 Å². The number of carbonyl (C=O) groups is 1. The number of benzene rings is 1. The molecule has 1 N–H and O–H groups in total. The van der Waals surface area contributed by atoms with Crippen molar-refractivity contribution < 1.29 is 9.53 Å². The highest BCUT2D eigenvalue weighted by atomic mass is 35.5. The standard InChI is InChI=1S/C14H21NO2.ClH/c1-11(9-13-7-5-4-6-8-13)15-12(2)10-14(16)17-3;/h4-8,11-12,15H,9-10H2,1-3H3;1H/t11-,12?;/m0./s1. The molecule has 0 aliphatic rings. The van der Waals surface area contributed by atoms with E-state index in [1.54, 1.807) is 0 Å². The van der Waals surface area contributed by atoms with Crippen molar-refractivity contribution in [1.29, 1.82) is 0 Å². The fraction of sp³-hybridized carbons (Fsp3) is 0.500. The first kappa shape index (κ1) is 16.9. The smallest absolute Gasteiger partial charge is 0.307 e. The van der Waals surface area contributed by atoms with Gasteiger partial charge >= 0.3 is 5.97 Å². The Bertz CT molecular complexity index is 343. The topological polar surface area (TPSA) is 38.3 Å². The van der Waals surface area contributed by atoms with Gasteiger partial charge in [-0.2, -0.15) is 0 Å². The maximum absolute atomic E-state index is 11.1. The zero-order valence-corrected chi connectivity index (χ0v) is 12.0. The van der Waals surface area contributed by atoms with Crippen molar-refractivity contribution in [2.45, 2.75) is 38.8 Å². The number of nitrogens with one attached hydrogen (secondary N) is 1. The maximum Gasteiger partial charge on any atom is 0.307 e. The van der Waals surface area contributed by atoms with Gasteiger partial charge in [-0.05, 0) is 25.8 Å². The van der Waals surface area contributed by atoms with E-state index in [9.17, 15) is 4.79 Å². The Hall–Kier alpha value is -1.06. The molecule has 0 heterocycles. The first-order valence-electron chi connectivity index (χ1n) is 5.98. The molecule has 102 valence electrons. The number of esters is 1. The summed E-state index contributed by atoms with van der Waals surface area (Å²) in [6, 6.07) is 10.8. The molecule has 0 spiro atoms. The van der Waals surface area contributed by atoms with Gasteiger partial charge in [-0.3, -0.25) is 4.79 Å². The molecule has 0 bridgehead atoms. The summed E-state index contributed by atoms with van der Waals surface area (Å²) in [6.45, 7) is 4.12. The second-order valence-corrected chi connectivity index (χ2v) is 4.44. The van der Waals surface area contributed by atoms with Crippen LogP contribution in [0, 0.1) is 0 Å². The van der Waals surface area contributed by atoms with Gasteiger partial charge in [0.15, 0.2) is 0 Å².